The molecule has 0 saturated carbocycles. The van der Waals surface area contributed by atoms with Gasteiger partial charge in [0.15, 0.2) is 0 Å². The molecule has 0 bridgehead atoms. The van der Waals surface area contributed by atoms with Crippen LogP contribution >= 0.6 is 0 Å². The van der Waals surface area contributed by atoms with Crippen LogP contribution in [-0.2, 0) is 17.6 Å². The minimum Gasteiger partial charge on any atom is -0.342 e. The normalized spacial score (nSPS) is 15.7. The van der Waals surface area contributed by atoms with Crippen molar-refractivity contribution < 1.29 is 4.79 Å². The van der Waals surface area contributed by atoms with Crippen LogP contribution in [0, 0.1) is 5.92 Å². The van der Waals surface area contributed by atoms with E-state index in [0.29, 0.717) is 12.3 Å². The maximum atomic E-state index is 12.3. The quantitative estimate of drug-likeness (QED) is 0.868. The van der Waals surface area contributed by atoms with Crippen molar-refractivity contribution in [2.75, 3.05) is 13.1 Å². The van der Waals surface area contributed by atoms with Crippen molar-refractivity contribution in [1.29, 1.82) is 0 Å². The van der Waals surface area contributed by atoms with Crippen molar-refractivity contribution in [3.8, 4) is 0 Å². The molecule has 1 aliphatic rings. The van der Waals surface area contributed by atoms with Crippen LogP contribution < -0.4 is 0 Å². The van der Waals surface area contributed by atoms with E-state index in [1.165, 1.54) is 0 Å². The van der Waals surface area contributed by atoms with Gasteiger partial charge < -0.3 is 4.90 Å². The summed E-state index contributed by atoms with van der Waals surface area (Å²) in [6.07, 6.45) is 5.56. The van der Waals surface area contributed by atoms with Gasteiger partial charge in [-0.15, -0.1) is 0 Å². The monoisotopic (exact) mass is 294 g/mol. The van der Waals surface area contributed by atoms with Crippen LogP contribution in [-0.4, -0.2) is 28.9 Å². The van der Waals surface area contributed by atoms with Gasteiger partial charge in [-0.25, -0.2) is 0 Å². The highest BCUT2D eigenvalue weighted by Gasteiger charge is 2.23. The third kappa shape index (κ3) is 3.94. The molecule has 2 aromatic rings. The topological polar surface area (TPSA) is 33.2 Å². The van der Waals surface area contributed by atoms with Gasteiger partial charge in [0.1, 0.15) is 0 Å². The standard InChI is InChI=1S/C19H22N2O/c22-19(15-16-6-2-1-3-7-16)21-12-9-17(10-13-21)14-18-8-4-5-11-20-18/h1-8,11,17H,9-10,12-15H2. The number of rotatable bonds is 4. The van der Waals surface area contributed by atoms with Crippen LogP contribution in [0.4, 0.5) is 0 Å². The van der Waals surface area contributed by atoms with Gasteiger partial charge in [-0.2, -0.15) is 0 Å². The van der Waals surface area contributed by atoms with Gasteiger partial charge >= 0.3 is 0 Å². The van der Waals surface area contributed by atoms with Gasteiger partial charge in [0.2, 0.25) is 5.91 Å². The number of nitrogens with zero attached hydrogens (tertiary/aromatic N) is 2. The zero-order chi connectivity index (χ0) is 15.2. The Labute approximate surface area is 132 Å². The lowest BCUT2D eigenvalue weighted by Crippen LogP contribution is -2.39. The van der Waals surface area contributed by atoms with E-state index in [-0.39, 0.29) is 5.91 Å². The number of pyridine rings is 1. The number of benzene rings is 1. The molecule has 114 valence electrons. The molecule has 1 aromatic carbocycles. The van der Waals surface area contributed by atoms with Crippen LogP contribution in [0.1, 0.15) is 24.1 Å². The van der Waals surface area contributed by atoms with Gasteiger partial charge in [-0.1, -0.05) is 36.4 Å². The summed E-state index contributed by atoms with van der Waals surface area (Å²) in [6.45, 7) is 1.76. The fourth-order valence-electron chi connectivity index (χ4n) is 3.08. The van der Waals surface area contributed by atoms with Crippen LogP contribution in [0.5, 0.6) is 0 Å². The molecule has 1 aromatic heterocycles. The highest BCUT2D eigenvalue weighted by Crippen LogP contribution is 2.21. The van der Waals surface area contributed by atoms with Crippen molar-refractivity contribution in [2.45, 2.75) is 25.7 Å². The van der Waals surface area contributed by atoms with E-state index in [0.717, 1.165) is 43.6 Å². The zero-order valence-corrected chi connectivity index (χ0v) is 12.8. The lowest BCUT2D eigenvalue weighted by atomic mass is 9.91. The average Bonchev–Trinajstić information content (AvgIpc) is 2.57. The summed E-state index contributed by atoms with van der Waals surface area (Å²) in [5, 5.41) is 0. The van der Waals surface area contributed by atoms with Crippen LogP contribution in [0.2, 0.25) is 0 Å². The molecule has 1 saturated heterocycles. The maximum Gasteiger partial charge on any atom is 0.226 e. The Morgan fingerprint density at radius 3 is 2.45 bits per heavy atom. The summed E-state index contributed by atoms with van der Waals surface area (Å²) in [5.74, 6) is 0.901. The average molecular weight is 294 g/mol. The van der Waals surface area contributed by atoms with Crippen molar-refractivity contribution in [3.05, 3.63) is 66.0 Å². The fourth-order valence-corrected chi connectivity index (χ4v) is 3.08. The predicted molar refractivity (Wildman–Crippen MR) is 87.4 cm³/mol. The van der Waals surface area contributed by atoms with Gasteiger partial charge in [0.05, 0.1) is 6.42 Å². The van der Waals surface area contributed by atoms with E-state index >= 15 is 0 Å². The molecule has 1 aliphatic heterocycles. The van der Waals surface area contributed by atoms with E-state index in [9.17, 15) is 4.79 Å². The molecule has 1 fully saturated rings. The number of hydrogen-bond donors (Lipinski definition) is 0. The third-order valence-corrected chi connectivity index (χ3v) is 4.39. The van der Waals surface area contributed by atoms with E-state index in [1.54, 1.807) is 0 Å². The molecule has 0 atom stereocenters. The summed E-state index contributed by atoms with van der Waals surface area (Å²) in [4.78, 5) is 18.8. The molecular formula is C19H22N2O. The summed E-state index contributed by atoms with van der Waals surface area (Å²) < 4.78 is 0. The molecule has 0 aliphatic carbocycles. The summed E-state index contributed by atoms with van der Waals surface area (Å²) in [7, 11) is 0. The lowest BCUT2D eigenvalue weighted by Gasteiger charge is -2.32. The number of carbonyl (C=O) groups excluding carboxylic acids is 1. The molecule has 0 spiro atoms. The highest BCUT2D eigenvalue weighted by atomic mass is 16.2. The lowest BCUT2D eigenvalue weighted by molar-refractivity contribution is -0.131. The third-order valence-electron chi connectivity index (χ3n) is 4.39. The second-order valence-electron chi connectivity index (χ2n) is 6.01. The molecule has 0 radical (unpaired) electrons. The van der Waals surface area contributed by atoms with E-state index < -0.39 is 0 Å². The van der Waals surface area contributed by atoms with Gasteiger partial charge in [0.25, 0.3) is 0 Å². The minimum atomic E-state index is 0.252. The van der Waals surface area contributed by atoms with Gasteiger partial charge in [-0.3, -0.25) is 9.78 Å². The number of carbonyl (C=O) groups is 1. The summed E-state index contributed by atoms with van der Waals surface area (Å²) >= 11 is 0. The molecule has 2 heterocycles. The van der Waals surface area contributed by atoms with Crippen molar-refractivity contribution in [2.24, 2.45) is 5.92 Å². The largest absolute Gasteiger partial charge is 0.342 e. The first-order chi connectivity index (χ1) is 10.8. The molecule has 3 heteroatoms. The Kier molecular flexibility index (Phi) is 4.84. The Bertz CT molecular complexity index is 589. The predicted octanol–water partition coefficient (Wildman–Crippen LogP) is 3.11. The Morgan fingerprint density at radius 2 is 1.77 bits per heavy atom. The van der Waals surface area contributed by atoms with Gasteiger partial charge in [0, 0.05) is 25.0 Å². The first-order valence-corrected chi connectivity index (χ1v) is 8.03. The van der Waals surface area contributed by atoms with E-state index in [4.69, 9.17) is 0 Å². The van der Waals surface area contributed by atoms with E-state index in [1.807, 2.05) is 53.6 Å². The van der Waals surface area contributed by atoms with Crippen LogP contribution in [0.3, 0.4) is 0 Å². The summed E-state index contributed by atoms with van der Waals surface area (Å²) in [5.41, 5.74) is 2.26. The molecule has 3 rings (SSSR count). The zero-order valence-electron chi connectivity index (χ0n) is 12.8. The number of hydrogen-bond acceptors (Lipinski definition) is 2. The highest BCUT2D eigenvalue weighted by molar-refractivity contribution is 5.78. The SMILES string of the molecule is O=C(Cc1ccccc1)N1CCC(Cc2ccccn2)CC1. The van der Waals surface area contributed by atoms with Crippen LogP contribution in [0.15, 0.2) is 54.7 Å². The van der Waals surface area contributed by atoms with Crippen LogP contribution in [0.25, 0.3) is 0 Å². The molecule has 0 N–H and O–H groups in total. The number of aromatic nitrogens is 1. The van der Waals surface area contributed by atoms with Crippen molar-refractivity contribution in [3.63, 3.8) is 0 Å². The number of amides is 1. The minimum absolute atomic E-state index is 0.252. The fraction of sp³-hybridized carbons (Fsp3) is 0.368. The molecule has 3 nitrogen and oxygen atoms in total. The summed E-state index contributed by atoms with van der Waals surface area (Å²) in [6, 6.07) is 16.1. The maximum absolute atomic E-state index is 12.3. The number of piperidine rings is 1. The van der Waals surface area contributed by atoms with Crippen molar-refractivity contribution >= 4 is 5.91 Å². The second kappa shape index (κ2) is 7.21. The Morgan fingerprint density at radius 1 is 1.05 bits per heavy atom. The Hall–Kier alpha value is -2.16. The van der Waals surface area contributed by atoms with Crippen molar-refractivity contribution in [1.82, 2.24) is 9.88 Å². The molecular weight excluding hydrogens is 272 g/mol. The first kappa shape index (κ1) is 14.8. The second-order valence-corrected chi connectivity index (χ2v) is 6.01. The Balaban J connectivity index is 1.48. The van der Waals surface area contributed by atoms with Gasteiger partial charge in [-0.05, 0) is 42.9 Å². The smallest absolute Gasteiger partial charge is 0.226 e. The molecule has 0 unspecified atom stereocenters. The molecule has 1 amide bonds. The number of likely N-dealkylation sites (tertiary alicyclic amines) is 1. The first-order valence-electron chi connectivity index (χ1n) is 8.03. The molecule has 22 heavy (non-hydrogen) atoms. The van der Waals surface area contributed by atoms with E-state index in [2.05, 4.69) is 11.1 Å².